The van der Waals surface area contributed by atoms with Gasteiger partial charge in [-0.25, -0.2) is 0 Å². The molecular weight excluding hydrogens is 360 g/mol. The topological polar surface area (TPSA) is 84.7 Å². The van der Waals surface area contributed by atoms with E-state index in [1.54, 1.807) is 0 Å². The van der Waals surface area contributed by atoms with Gasteiger partial charge in [-0.1, -0.05) is 75.7 Å². The molecule has 2 aromatic rings. The number of hydrogen-bond acceptors (Lipinski definition) is 3. The smallest absolute Gasteiger partial charge is 0.223 e. The van der Waals surface area contributed by atoms with Gasteiger partial charge in [0.05, 0.1) is 0 Å². The van der Waals surface area contributed by atoms with Crippen LogP contribution in [0.3, 0.4) is 0 Å². The van der Waals surface area contributed by atoms with E-state index in [4.69, 9.17) is 11.6 Å². The highest BCUT2D eigenvalue weighted by molar-refractivity contribution is 6.03. The van der Waals surface area contributed by atoms with Gasteiger partial charge in [-0.15, -0.1) is 0 Å². The molecule has 4 N–H and O–H groups in total. The van der Waals surface area contributed by atoms with Gasteiger partial charge in [-0.3, -0.25) is 4.79 Å². The predicted octanol–water partition coefficient (Wildman–Crippen LogP) is 4.50. The van der Waals surface area contributed by atoms with Crippen LogP contribution in [0.15, 0.2) is 53.6 Å². The van der Waals surface area contributed by atoms with E-state index in [-0.39, 0.29) is 11.9 Å². The third-order valence-corrected chi connectivity index (χ3v) is 5.48. The summed E-state index contributed by atoms with van der Waals surface area (Å²) in [4.78, 5) is 14.8. The Hall–Kier alpha value is -2.82. The molecule has 0 saturated heterocycles. The van der Waals surface area contributed by atoms with Crippen LogP contribution in [0.5, 0.6) is 0 Å². The number of nitrogens with two attached hydrogens (primary N) is 2. The SMILES string of the molecule is CCCCC(=O)N(Cc1ccc(-c2ccccc2/C(N)=N/N)cc1)C(C)C(C)C. The fraction of sp³-hybridized carbons (Fsp3) is 0.417. The van der Waals surface area contributed by atoms with E-state index < -0.39 is 0 Å². The first-order valence-corrected chi connectivity index (χ1v) is 10.4. The molecule has 0 aliphatic rings. The Morgan fingerprint density at radius 1 is 1.07 bits per heavy atom. The van der Waals surface area contributed by atoms with Gasteiger partial charge in [0.2, 0.25) is 5.91 Å². The van der Waals surface area contributed by atoms with E-state index in [1.807, 2.05) is 29.2 Å². The number of benzene rings is 2. The molecule has 0 radical (unpaired) electrons. The standard InChI is InChI=1S/C24H34N4O/c1-5-6-11-23(29)28(18(4)17(2)3)16-19-12-14-20(15-13-19)21-9-7-8-10-22(21)24(25)27-26/h7-10,12-15,17-18H,5-6,11,16,26H2,1-4H3,(H2,25,27). The fourth-order valence-electron chi connectivity index (χ4n) is 3.30. The normalized spacial score (nSPS) is 12.8. The van der Waals surface area contributed by atoms with Crippen molar-refractivity contribution in [2.45, 2.75) is 59.5 Å². The Kier molecular flexibility index (Phi) is 8.25. The molecule has 1 atom stereocenters. The maximum absolute atomic E-state index is 12.8. The van der Waals surface area contributed by atoms with Gasteiger partial charge < -0.3 is 16.5 Å². The lowest BCUT2D eigenvalue weighted by Gasteiger charge is -2.32. The van der Waals surface area contributed by atoms with Crippen LogP contribution >= 0.6 is 0 Å². The molecule has 0 saturated carbocycles. The van der Waals surface area contributed by atoms with Crippen LogP contribution in [0, 0.1) is 5.92 Å². The third-order valence-electron chi connectivity index (χ3n) is 5.48. The minimum Gasteiger partial charge on any atom is -0.382 e. The molecule has 29 heavy (non-hydrogen) atoms. The van der Waals surface area contributed by atoms with Gasteiger partial charge in [0.15, 0.2) is 5.84 Å². The number of rotatable bonds is 9. The second-order valence-corrected chi connectivity index (χ2v) is 7.87. The monoisotopic (exact) mass is 394 g/mol. The second kappa shape index (κ2) is 10.6. The first kappa shape index (κ1) is 22.5. The number of amides is 1. The summed E-state index contributed by atoms with van der Waals surface area (Å²) in [5.41, 5.74) is 9.89. The lowest BCUT2D eigenvalue weighted by molar-refractivity contribution is -0.135. The molecule has 1 unspecified atom stereocenters. The van der Waals surface area contributed by atoms with Crippen molar-refractivity contribution in [2.75, 3.05) is 0 Å². The number of amidine groups is 1. The molecule has 156 valence electrons. The molecule has 0 spiro atoms. The van der Waals surface area contributed by atoms with Gasteiger partial charge >= 0.3 is 0 Å². The Morgan fingerprint density at radius 2 is 1.72 bits per heavy atom. The minimum absolute atomic E-state index is 0.195. The molecule has 5 heteroatoms. The second-order valence-electron chi connectivity index (χ2n) is 7.87. The maximum atomic E-state index is 12.8. The summed E-state index contributed by atoms with van der Waals surface area (Å²) in [6.07, 6.45) is 2.57. The van der Waals surface area contributed by atoms with Crippen molar-refractivity contribution >= 4 is 11.7 Å². The summed E-state index contributed by atoms with van der Waals surface area (Å²) in [6.45, 7) is 9.19. The van der Waals surface area contributed by atoms with Crippen molar-refractivity contribution in [3.8, 4) is 11.1 Å². The zero-order valence-corrected chi connectivity index (χ0v) is 18.1. The quantitative estimate of drug-likeness (QED) is 0.284. The van der Waals surface area contributed by atoms with Crippen molar-refractivity contribution in [1.29, 1.82) is 0 Å². The van der Waals surface area contributed by atoms with Crippen molar-refractivity contribution in [1.82, 2.24) is 4.90 Å². The summed E-state index contributed by atoms with van der Waals surface area (Å²) >= 11 is 0. The lowest BCUT2D eigenvalue weighted by Crippen LogP contribution is -2.40. The predicted molar refractivity (Wildman–Crippen MR) is 121 cm³/mol. The van der Waals surface area contributed by atoms with E-state index in [9.17, 15) is 4.79 Å². The third kappa shape index (κ3) is 5.83. The number of nitrogens with zero attached hydrogens (tertiary/aromatic N) is 2. The molecule has 0 fully saturated rings. The largest absolute Gasteiger partial charge is 0.382 e. The summed E-state index contributed by atoms with van der Waals surface area (Å²) in [7, 11) is 0. The van der Waals surface area contributed by atoms with Crippen LogP contribution in [-0.4, -0.2) is 22.7 Å². The average molecular weight is 395 g/mol. The molecule has 0 bridgehead atoms. The summed E-state index contributed by atoms with van der Waals surface area (Å²) in [6, 6.07) is 16.3. The first-order valence-electron chi connectivity index (χ1n) is 10.4. The van der Waals surface area contributed by atoms with Crippen LogP contribution in [0.1, 0.15) is 58.1 Å². The van der Waals surface area contributed by atoms with Gasteiger partial charge in [0.1, 0.15) is 0 Å². The highest BCUT2D eigenvalue weighted by atomic mass is 16.2. The van der Waals surface area contributed by atoms with E-state index in [0.717, 1.165) is 35.1 Å². The maximum Gasteiger partial charge on any atom is 0.223 e. The van der Waals surface area contributed by atoms with Crippen LogP contribution in [0.2, 0.25) is 0 Å². The van der Waals surface area contributed by atoms with Crippen molar-refractivity contribution in [2.24, 2.45) is 22.6 Å². The van der Waals surface area contributed by atoms with Crippen molar-refractivity contribution < 1.29 is 4.79 Å². The van der Waals surface area contributed by atoms with Gasteiger partial charge in [0, 0.05) is 24.6 Å². The summed E-state index contributed by atoms with van der Waals surface area (Å²) in [5.74, 6) is 6.32. The zero-order valence-electron chi connectivity index (χ0n) is 18.1. The van der Waals surface area contributed by atoms with Crippen molar-refractivity contribution in [3.63, 3.8) is 0 Å². The Balaban J connectivity index is 2.25. The molecule has 1 amide bonds. The van der Waals surface area contributed by atoms with E-state index in [1.165, 1.54) is 0 Å². The molecule has 0 aromatic heterocycles. The fourth-order valence-corrected chi connectivity index (χ4v) is 3.30. The Bertz CT molecular complexity index is 827. The number of carbonyl (C=O) groups is 1. The Morgan fingerprint density at radius 3 is 2.31 bits per heavy atom. The molecule has 5 nitrogen and oxygen atoms in total. The van der Waals surface area contributed by atoms with E-state index in [2.05, 4.69) is 57.1 Å². The summed E-state index contributed by atoms with van der Waals surface area (Å²) in [5, 5.41) is 3.63. The highest BCUT2D eigenvalue weighted by Gasteiger charge is 2.22. The van der Waals surface area contributed by atoms with Gasteiger partial charge in [-0.2, -0.15) is 5.10 Å². The van der Waals surface area contributed by atoms with E-state index in [0.29, 0.717) is 24.7 Å². The molecule has 0 aliphatic heterocycles. The minimum atomic E-state index is 0.195. The van der Waals surface area contributed by atoms with Crippen LogP contribution < -0.4 is 11.6 Å². The van der Waals surface area contributed by atoms with Gasteiger partial charge in [0.25, 0.3) is 0 Å². The molecule has 2 rings (SSSR count). The highest BCUT2D eigenvalue weighted by Crippen LogP contribution is 2.25. The van der Waals surface area contributed by atoms with E-state index >= 15 is 0 Å². The zero-order chi connectivity index (χ0) is 21.4. The molecule has 0 aliphatic carbocycles. The molecule has 0 heterocycles. The number of hydrazone groups is 1. The van der Waals surface area contributed by atoms with Gasteiger partial charge in [-0.05, 0) is 36.0 Å². The number of unbranched alkanes of at least 4 members (excludes halogenated alkanes) is 1. The summed E-state index contributed by atoms with van der Waals surface area (Å²) < 4.78 is 0. The lowest BCUT2D eigenvalue weighted by atomic mass is 9.97. The Labute approximate surface area is 174 Å². The van der Waals surface area contributed by atoms with Crippen molar-refractivity contribution in [3.05, 3.63) is 59.7 Å². The van der Waals surface area contributed by atoms with Crippen LogP contribution in [-0.2, 0) is 11.3 Å². The number of hydrogen-bond donors (Lipinski definition) is 2. The molecule has 2 aromatic carbocycles. The van der Waals surface area contributed by atoms with Crippen LogP contribution in [0.25, 0.3) is 11.1 Å². The number of carbonyl (C=O) groups excluding carboxylic acids is 1. The van der Waals surface area contributed by atoms with Crippen LogP contribution in [0.4, 0.5) is 0 Å². The first-order chi connectivity index (χ1) is 13.9. The molecular formula is C24H34N4O. The average Bonchev–Trinajstić information content (AvgIpc) is 2.75.